The standard InChI is InChI=1S/C13H12O3.C2H6/c1-10-13(12(14)7-8-15-10)16-9-11-5-3-2-4-6-11;1-2/h2-8H,9H2,1H3;1-2H3. The van der Waals surface area contributed by atoms with Crippen molar-refractivity contribution in [3.63, 3.8) is 0 Å². The number of ether oxygens (including phenoxy) is 1. The van der Waals surface area contributed by atoms with E-state index in [1.54, 1.807) is 6.92 Å². The van der Waals surface area contributed by atoms with Crippen LogP contribution in [0.4, 0.5) is 0 Å². The minimum Gasteiger partial charge on any atom is -0.482 e. The SMILES string of the molecule is CC.Cc1occc(=O)c1OCc1ccccc1. The van der Waals surface area contributed by atoms with E-state index < -0.39 is 0 Å². The molecule has 0 bridgehead atoms. The maximum Gasteiger partial charge on any atom is 0.227 e. The predicted octanol–water partition coefficient (Wildman–Crippen LogP) is 3.55. The second-order valence-corrected chi connectivity index (χ2v) is 3.44. The summed E-state index contributed by atoms with van der Waals surface area (Å²) in [5.74, 6) is 0.787. The predicted molar refractivity (Wildman–Crippen MR) is 71.8 cm³/mol. The molecule has 0 atom stereocenters. The van der Waals surface area contributed by atoms with Crippen molar-refractivity contribution >= 4 is 0 Å². The Kier molecular flexibility index (Phi) is 5.71. The molecule has 96 valence electrons. The maximum absolute atomic E-state index is 11.5. The van der Waals surface area contributed by atoms with Crippen molar-refractivity contribution in [3.05, 3.63) is 64.2 Å². The summed E-state index contributed by atoms with van der Waals surface area (Å²) in [5, 5.41) is 0. The van der Waals surface area contributed by atoms with Crippen LogP contribution in [0, 0.1) is 6.92 Å². The van der Waals surface area contributed by atoms with Gasteiger partial charge in [0.25, 0.3) is 0 Å². The van der Waals surface area contributed by atoms with Crippen molar-refractivity contribution in [2.75, 3.05) is 0 Å². The van der Waals surface area contributed by atoms with Crippen LogP contribution in [0.25, 0.3) is 0 Å². The molecule has 2 rings (SSSR count). The van der Waals surface area contributed by atoms with E-state index in [1.807, 2.05) is 44.2 Å². The van der Waals surface area contributed by atoms with Gasteiger partial charge < -0.3 is 9.15 Å². The summed E-state index contributed by atoms with van der Waals surface area (Å²) in [7, 11) is 0. The molecule has 1 heterocycles. The lowest BCUT2D eigenvalue weighted by atomic mass is 10.2. The molecule has 0 saturated heterocycles. The van der Waals surface area contributed by atoms with Gasteiger partial charge >= 0.3 is 0 Å². The molecule has 1 aromatic carbocycles. The second kappa shape index (κ2) is 7.33. The summed E-state index contributed by atoms with van der Waals surface area (Å²) in [6.45, 7) is 6.08. The summed E-state index contributed by atoms with van der Waals surface area (Å²) in [6.07, 6.45) is 1.37. The Morgan fingerprint density at radius 3 is 2.39 bits per heavy atom. The van der Waals surface area contributed by atoms with Crippen LogP contribution in [-0.2, 0) is 6.61 Å². The third kappa shape index (κ3) is 3.77. The normalized spacial score (nSPS) is 9.28. The van der Waals surface area contributed by atoms with E-state index in [9.17, 15) is 4.79 Å². The first kappa shape index (κ1) is 14.0. The number of benzene rings is 1. The van der Waals surface area contributed by atoms with E-state index in [1.165, 1.54) is 12.3 Å². The fourth-order valence-electron chi connectivity index (χ4n) is 1.40. The molecule has 0 aliphatic carbocycles. The number of aryl methyl sites for hydroxylation is 1. The van der Waals surface area contributed by atoms with Crippen LogP contribution in [-0.4, -0.2) is 0 Å². The Balaban J connectivity index is 0.000000771. The number of hydrogen-bond acceptors (Lipinski definition) is 3. The molecule has 3 nitrogen and oxygen atoms in total. The molecule has 3 heteroatoms. The molecular weight excluding hydrogens is 228 g/mol. The Morgan fingerprint density at radius 1 is 1.11 bits per heavy atom. The van der Waals surface area contributed by atoms with Crippen molar-refractivity contribution in [2.45, 2.75) is 27.4 Å². The molecule has 18 heavy (non-hydrogen) atoms. The maximum atomic E-state index is 11.5. The first-order chi connectivity index (χ1) is 8.77. The van der Waals surface area contributed by atoms with Gasteiger partial charge in [-0.2, -0.15) is 0 Å². The zero-order valence-electron chi connectivity index (χ0n) is 11.0. The number of hydrogen-bond donors (Lipinski definition) is 0. The summed E-state index contributed by atoms with van der Waals surface area (Å²) < 4.78 is 10.5. The first-order valence-corrected chi connectivity index (χ1v) is 6.02. The molecule has 0 spiro atoms. The van der Waals surface area contributed by atoms with Crippen LogP contribution in [0.15, 0.2) is 51.9 Å². The van der Waals surface area contributed by atoms with E-state index in [4.69, 9.17) is 9.15 Å². The van der Waals surface area contributed by atoms with Gasteiger partial charge in [-0.1, -0.05) is 44.2 Å². The van der Waals surface area contributed by atoms with Gasteiger partial charge in [0.2, 0.25) is 11.2 Å². The van der Waals surface area contributed by atoms with Crippen molar-refractivity contribution in [2.24, 2.45) is 0 Å². The molecule has 0 N–H and O–H groups in total. The minimum absolute atomic E-state index is 0.153. The van der Waals surface area contributed by atoms with Gasteiger partial charge in [0.15, 0.2) is 0 Å². The van der Waals surface area contributed by atoms with Gasteiger partial charge in [-0.3, -0.25) is 4.79 Å². The smallest absolute Gasteiger partial charge is 0.227 e. The van der Waals surface area contributed by atoms with Crippen LogP contribution >= 0.6 is 0 Å². The van der Waals surface area contributed by atoms with Gasteiger partial charge in [-0.25, -0.2) is 0 Å². The van der Waals surface area contributed by atoms with Crippen molar-refractivity contribution in [1.82, 2.24) is 0 Å². The van der Waals surface area contributed by atoms with Gasteiger partial charge in [-0.15, -0.1) is 0 Å². The highest BCUT2D eigenvalue weighted by Crippen LogP contribution is 2.12. The fraction of sp³-hybridized carbons (Fsp3) is 0.267. The van der Waals surface area contributed by atoms with E-state index in [0.717, 1.165) is 5.56 Å². The second-order valence-electron chi connectivity index (χ2n) is 3.44. The lowest BCUT2D eigenvalue weighted by Crippen LogP contribution is -2.08. The zero-order valence-corrected chi connectivity index (χ0v) is 11.0. The van der Waals surface area contributed by atoms with Gasteiger partial charge in [0.05, 0.1) is 6.26 Å². The van der Waals surface area contributed by atoms with Crippen LogP contribution in [0.1, 0.15) is 25.2 Å². The molecule has 1 aromatic heterocycles. The molecule has 0 amide bonds. The van der Waals surface area contributed by atoms with E-state index in [-0.39, 0.29) is 11.2 Å². The third-order valence-corrected chi connectivity index (χ3v) is 2.23. The van der Waals surface area contributed by atoms with Crippen LogP contribution < -0.4 is 10.2 Å². The molecule has 0 radical (unpaired) electrons. The van der Waals surface area contributed by atoms with E-state index in [0.29, 0.717) is 12.4 Å². The summed E-state index contributed by atoms with van der Waals surface area (Å²) >= 11 is 0. The molecule has 0 unspecified atom stereocenters. The van der Waals surface area contributed by atoms with E-state index in [2.05, 4.69) is 0 Å². The van der Waals surface area contributed by atoms with Crippen molar-refractivity contribution in [1.29, 1.82) is 0 Å². The third-order valence-electron chi connectivity index (χ3n) is 2.23. The Labute approximate surface area is 107 Å². The Hall–Kier alpha value is -2.03. The van der Waals surface area contributed by atoms with Gasteiger partial charge in [-0.05, 0) is 12.5 Å². The fourth-order valence-corrected chi connectivity index (χ4v) is 1.40. The quantitative estimate of drug-likeness (QED) is 0.831. The van der Waals surface area contributed by atoms with E-state index >= 15 is 0 Å². The molecule has 0 aliphatic heterocycles. The highest BCUT2D eigenvalue weighted by atomic mass is 16.5. The molecule has 2 aromatic rings. The van der Waals surface area contributed by atoms with Crippen LogP contribution in [0.3, 0.4) is 0 Å². The van der Waals surface area contributed by atoms with Gasteiger partial charge in [0, 0.05) is 6.07 Å². The average molecular weight is 246 g/mol. The molecule has 0 fully saturated rings. The minimum atomic E-state index is -0.153. The lowest BCUT2D eigenvalue weighted by molar-refractivity contribution is 0.286. The summed E-state index contributed by atoms with van der Waals surface area (Å²) in [6, 6.07) is 11.0. The molecule has 0 saturated carbocycles. The highest BCUT2D eigenvalue weighted by molar-refractivity contribution is 5.24. The monoisotopic (exact) mass is 246 g/mol. The highest BCUT2D eigenvalue weighted by Gasteiger charge is 2.06. The molecular formula is C15H18O3. The first-order valence-electron chi connectivity index (χ1n) is 6.02. The topological polar surface area (TPSA) is 39.4 Å². The Morgan fingerprint density at radius 2 is 1.78 bits per heavy atom. The number of rotatable bonds is 3. The Bertz CT molecular complexity index is 515. The largest absolute Gasteiger partial charge is 0.482 e. The zero-order chi connectivity index (χ0) is 13.4. The lowest BCUT2D eigenvalue weighted by Gasteiger charge is -2.06. The van der Waals surface area contributed by atoms with Crippen molar-refractivity contribution in [3.8, 4) is 5.75 Å². The van der Waals surface area contributed by atoms with Crippen molar-refractivity contribution < 1.29 is 9.15 Å². The van der Waals surface area contributed by atoms with Crippen LogP contribution in [0.2, 0.25) is 0 Å². The summed E-state index contributed by atoms with van der Waals surface area (Å²) in [4.78, 5) is 11.5. The average Bonchev–Trinajstić information content (AvgIpc) is 2.42. The van der Waals surface area contributed by atoms with Gasteiger partial charge in [0.1, 0.15) is 12.4 Å². The van der Waals surface area contributed by atoms with Crippen LogP contribution in [0.5, 0.6) is 5.75 Å². The summed E-state index contributed by atoms with van der Waals surface area (Å²) in [5.41, 5.74) is 0.866. The molecule has 0 aliphatic rings.